The van der Waals surface area contributed by atoms with Crippen LogP contribution in [0.5, 0.6) is 0 Å². The predicted molar refractivity (Wildman–Crippen MR) is 80.0 cm³/mol. The van der Waals surface area contributed by atoms with E-state index in [1.165, 1.54) is 12.1 Å². The van der Waals surface area contributed by atoms with Gasteiger partial charge in [0.25, 0.3) is 0 Å². The van der Waals surface area contributed by atoms with Crippen LogP contribution in [0, 0.1) is 5.82 Å². The van der Waals surface area contributed by atoms with Crippen LogP contribution < -0.4 is 10.6 Å². The minimum absolute atomic E-state index is 0.213. The van der Waals surface area contributed by atoms with E-state index >= 15 is 0 Å². The summed E-state index contributed by atoms with van der Waals surface area (Å²) in [5.41, 5.74) is 6.59. The Hall–Kier alpha value is -1.89. The van der Waals surface area contributed by atoms with Gasteiger partial charge in [-0.1, -0.05) is 12.1 Å². The molecular weight excluding hydrogens is 277 g/mol. The van der Waals surface area contributed by atoms with Gasteiger partial charge in [0, 0.05) is 19.8 Å². The Morgan fingerprint density at radius 3 is 2.70 bits per heavy atom. The van der Waals surface area contributed by atoms with Gasteiger partial charge in [-0.15, -0.1) is 11.8 Å². The fraction of sp³-hybridized carbons (Fsp3) is 0.308. The molecule has 1 aromatic carbocycles. The summed E-state index contributed by atoms with van der Waals surface area (Å²) in [4.78, 5) is 14.2. The summed E-state index contributed by atoms with van der Waals surface area (Å²) in [6.45, 7) is 0. The molecular formula is C13H16FN5S. The van der Waals surface area contributed by atoms with E-state index in [0.717, 1.165) is 5.56 Å². The van der Waals surface area contributed by atoms with Crippen LogP contribution in [-0.2, 0) is 11.5 Å². The van der Waals surface area contributed by atoms with Crippen molar-refractivity contribution < 1.29 is 4.39 Å². The molecule has 0 radical (unpaired) electrons. The maximum absolute atomic E-state index is 13.0. The molecule has 0 aliphatic rings. The minimum atomic E-state index is -0.220. The van der Waals surface area contributed by atoms with Gasteiger partial charge >= 0.3 is 0 Å². The summed E-state index contributed by atoms with van der Waals surface area (Å²) >= 11 is 1.60. The van der Waals surface area contributed by atoms with E-state index in [2.05, 4.69) is 15.0 Å². The number of anilines is 2. The molecule has 0 atom stereocenters. The molecule has 0 spiro atoms. The predicted octanol–water partition coefficient (Wildman–Crippen LogP) is 2.09. The van der Waals surface area contributed by atoms with Gasteiger partial charge in [-0.25, -0.2) is 4.39 Å². The van der Waals surface area contributed by atoms with Crippen molar-refractivity contribution in [1.82, 2.24) is 15.0 Å². The lowest BCUT2D eigenvalue weighted by Gasteiger charge is -2.11. The average Bonchev–Trinajstić information content (AvgIpc) is 2.38. The standard InChI is InChI=1S/C13H16FN5S/c1-19(2)13-17-11(16-12(15)18-13)8-20-7-9-4-3-5-10(14)6-9/h3-6H,7-8H2,1-2H3,(H2,15,16,17,18). The van der Waals surface area contributed by atoms with Gasteiger partial charge in [-0.05, 0) is 17.7 Å². The lowest BCUT2D eigenvalue weighted by molar-refractivity contribution is 0.626. The van der Waals surface area contributed by atoms with Crippen molar-refractivity contribution in [2.24, 2.45) is 0 Å². The van der Waals surface area contributed by atoms with Crippen LogP contribution in [0.3, 0.4) is 0 Å². The maximum atomic E-state index is 13.0. The van der Waals surface area contributed by atoms with Crippen molar-refractivity contribution in [3.05, 3.63) is 41.5 Å². The number of thioether (sulfide) groups is 1. The first-order chi connectivity index (χ1) is 9.54. The molecule has 106 valence electrons. The monoisotopic (exact) mass is 293 g/mol. The lowest BCUT2D eigenvalue weighted by atomic mass is 10.2. The van der Waals surface area contributed by atoms with E-state index in [1.54, 1.807) is 22.7 Å². The van der Waals surface area contributed by atoms with Crippen LogP contribution in [0.4, 0.5) is 16.3 Å². The Balaban J connectivity index is 1.97. The molecule has 0 unspecified atom stereocenters. The van der Waals surface area contributed by atoms with Gasteiger partial charge in [-0.2, -0.15) is 15.0 Å². The molecule has 1 aromatic heterocycles. The number of nitrogens with two attached hydrogens (primary N) is 1. The van der Waals surface area contributed by atoms with Crippen LogP contribution in [0.15, 0.2) is 24.3 Å². The third-order valence-corrected chi connectivity index (χ3v) is 3.48. The largest absolute Gasteiger partial charge is 0.368 e. The quantitative estimate of drug-likeness (QED) is 0.910. The Labute approximate surface area is 121 Å². The molecule has 0 saturated heterocycles. The third kappa shape index (κ3) is 4.06. The topological polar surface area (TPSA) is 67.9 Å². The van der Waals surface area contributed by atoms with Gasteiger partial charge < -0.3 is 10.6 Å². The highest BCUT2D eigenvalue weighted by atomic mass is 32.2. The second-order valence-electron chi connectivity index (χ2n) is 4.43. The molecule has 0 bridgehead atoms. The van der Waals surface area contributed by atoms with Crippen molar-refractivity contribution in [2.75, 3.05) is 24.7 Å². The molecule has 1 heterocycles. The van der Waals surface area contributed by atoms with Crippen molar-refractivity contribution in [2.45, 2.75) is 11.5 Å². The number of nitrogens with zero attached hydrogens (tertiary/aromatic N) is 4. The maximum Gasteiger partial charge on any atom is 0.229 e. The van der Waals surface area contributed by atoms with Gasteiger partial charge in [0.15, 0.2) is 0 Å². The fourth-order valence-electron chi connectivity index (χ4n) is 1.58. The average molecular weight is 293 g/mol. The normalized spacial score (nSPS) is 10.6. The van der Waals surface area contributed by atoms with Crippen LogP contribution in [0.2, 0.25) is 0 Å². The Bertz CT molecular complexity index is 591. The number of rotatable bonds is 5. The number of halogens is 1. The van der Waals surface area contributed by atoms with Gasteiger partial charge in [0.05, 0.1) is 5.75 Å². The zero-order valence-corrected chi connectivity index (χ0v) is 12.2. The van der Waals surface area contributed by atoms with Crippen molar-refractivity contribution in [3.63, 3.8) is 0 Å². The number of aromatic nitrogens is 3. The van der Waals surface area contributed by atoms with Crippen LogP contribution in [0.1, 0.15) is 11.4 Å². The van der Waals surface area contributed by atoms with Crippen LogP contribution in [-0.4, -0.2) is 29.0 Å². The lowest BCUT2D eigenvalue weighted by Crippen LogP contribution is -2.15. The Morgan fingerprint density at radius 2 is 2.00 bits per heavy atom. The van der Waals surface area contributed by atoms with Gasteiger partial charge in [0.2, 0.25) is 11.9 Å². The zero-order valence-electron chi connectivity index (χ0n) is 11.4. The molecule has 0 saturated carbocycles. The highest BCUT2D eigenvalue weighted by molar-refractivity contribution is 7.97. The second kappa shape index (κ2) is 6.51. The van der Waals surface area contributed by atoms with E-state index in [4.69, 9.17) is 5.73 Å². The van der Waals surface area contributed by atoms with Crippen molar-refractivity contribution in [3.8, 4) is 0 Å². The molecule has 0 aliphatic heterocycles. The first kappa shape index (κ1) is 14.5. The Morgan fingerprint density at radius 1 is 1.20 bits per heavy atom. The summed E-state index contributed by atoms with van der Waals surface area (Å²) in [5.74, 6) is 2.46. The van der Waals surface area contributed by atoms with Gasteiger partial charge in [0.1, 0.15) is 11.6 Å². The molecule has 2 N–H and O–H groups in total. The van der Waals surface area contributed by atoms with E-state index in [0.29, 0.717) is 23.3 Å². The van der Waals surface area contributed by atoms with E-state index in [-0.39, 0.29) is 11.8 Å². The summed E-state index contributed by atoms with van der Waals surface area (Å²) in [7, 11) is 3.69. The summed E-state index contributed by atoms with van der Waals surface area (Å²) < 4.78 is 13.0. The molecule has 0 aliphatic carbocycles. The molecule has 7 heteroatoms. The van der Waals surface area contributed by atoms with Gasteiger partial charge in [-0.3, -0.25) is 0 Å². The SMILES string of the molecule is CN(C)c1nc(N)nc(CSCc2cccc(F)c2)n1. The molecule has 2 aromatic rings. The van der Waals surface area contributed by atoms with Crippen molar-refractivity contribution >= 4 is 23.7 Å². The highest BCUT2D eigenvalue weighted by Crippen LogP contribution is 2.18. The van der Waals surface area contributed by atoms with E-state index in [1.807, 2.05) is 20.2 Å². The van der Waals surface area contributed by atoms with E-state index < -0.39 is 0 Å². The Kier molecular flexibility index (Phi) is 4.73. The highest BCUT2D eigenvalue weighted by Gasteiger charge is 2.06. The fourth-order valence-corrected chi connectivity index (χ4v) is 2.41. The van der Waals surface area contributed by atoms with Crippen molar-refractivity contribution in [1.29, 1.82) is 0 Å². The van der Waals surface area contributed by atoms with Crippen LogP contribution >= 0.6 is 11.8 Å². The molecule has 0 amide bonds. The molecule has 5 nitrogen and oxygen atoms in total. The zero-order chi connectivity index (χ0) is 14.5. The second-order valence-corrected chi connectivity index (χ2v) is 5.41. The number of benzene rings is 1. The van der Waals surface area contributed by atoms with E-state index in [9.17, 15) is 4.39 Å². The first-order valence-electron chi connectivity index (χ1n) is 6.04. The smallest absolute Gasteiger partial charge is 0.229 e. The molecule has 0 fully saturated rings. The summed E-state index contributed by atoms with van der Waals surface area (Å²) in [5, 5.41) is 0. The number of nitrogen functional groups attached to an aromatic ring is 1. The summed E-state index contributed by atoms with van der Waals surface area (Å²) in [6, 6.07) is 6.56. The first-order valence-corrected chi connectivity index (χ1v) is 7.20. The number of hydrogen-bond donors (Lipinski definition) is 1. The summed E-state index contributed by atoms with van der Waals surface area (Å²) in [6.07, 6.45) is 0. The molecule has 20 heavy (non-hydrogen) atoms. The minimum Gasteiger partial charge on any atom is -0.368 e. The van der Waals surface area contributed by atoms with Crippen LogP contribution in [0.25, 0.3) is 0 Å². The third-order valence-electron chi connectivity index (χ3n) is 2.48. The number of hydrogen-bond acceptors (Lipinski definition) is 6. The molecule has 2 rings (SSSR count).